The van der Waals surface area contributed by atoms with E-state index in [0.717, 1.165) is 19.6 Å². The number of hydrogen-bond acceptors (Lipinski definition) is 10. The van der Waals surface area contributed by atoms with Crippen LogP contribution in [0.3, 0.4) is 0 Å². The van der Waals surface area contributed by atoms with E-state index < -0.39 is 51.9 Å². The van der Waals surface area contributed by atoms with Crippen molar-refractivity contribution in [3.63, 3.8) is 0 Å². The van der Waals surface area contributed by atoms with E-state index in [0.29, 0.717) is 47.0 Å². The van der Waals surface area contributed by atoms with Gasteiger partial charge in [-0.3, -0.25) is 0 Å². The molecule has 11 nitrogen and oxygen atoms in total. The van der Waals surface area contributed by atoms with Gasteiger partial charge in [-0.15, -0.1) is 0 Å². The molecule has 4 aromatic carbocycles. The number of amides is 1. The van der Waals surface area contributed by atoms with Crippen molar-refractivity contribution in [3.05, 3.63) is 121 Å². The molecule has 2 aliphatic rings. The van der Waals surface area contributed by atoms with Crippen LogP contribution < -0.4 is 20.7 Å². The van der Waals surface area contributed by atoms with E-state index in [4.69, 9.17) is 23.2 Å². The van der Waals surface area contributed by atoms with Gasteiger partial charge in [0.1, 0.15) is 0 Å². The Morgan fingerprint density at radius 1 is 0.807 bits per heavy atom. The van der Waals surface area contributed by atoms with Gasteiger partial charge in [-0.25, -0.2) is 0 Å². The van der Waals surface area contributed by atoms with Crippen LogP contribution in [0.25, 0.3) is 0 Å². The quantitative estimate of drug-likeness (QED) is 0.0445. The number of morpholine rings is 1. The van der Waals surface area contributed by atoms with Gasteiger partial charge in [-0.1, -0.05) is 0 Å². The first-order chi connectivity index (χ1) is 27.3. The third kappa shape index (κ3) is 8.76. The summed E-state index contributed by atoms with van der Waals surface area (Å²) >= 11 is 0. The summed E-state index contributed by atoms with van der Waals surface area (Å²) in [7, 11) is -2.19. The molecular weight excluding hydrogens is 760 g/mol. The summed E-state index contributed by atoms with van der Waals surface area (Å²) in [4.78, 5) is 58.5. The van der Waals surface area contributed by atoms with Crippen LogP contribution in [0.15, 0.2) is 115 Å². The predicted molar refractivity (Wildman–Crippen MR) is 224 cm³/mol. The summed E-state index contributed by atoms with van der Waals surface area (Å²) in [5.41, 5.74) is 0.457. The SMILES string of the molecule is CC(=O)OCC(=O)OP(c1ccccc1)(c1ccccc1)(c1ccccc1)N1C(=O)[C@H]([C@@H](C)O[Si](C)(C)C)[C@H]1CC(=O)c1ccc(OCCN2CCOCC2)cc1. The Labute approximate surface area is 336 Å². The summed E-state index contributed by atoms with van der Waals surface area (Å²) in [6.07, 6.45) is -0.638. The topological polar surface area (TPSA) is 121 Å². The van der Waals surface area contributed by atoms with Crippen LogP contribution in [-0.2, 0) is 32.8 Å². The molecule has 0 aliphatic carbocycles. The molecule has 0 bridgehead atoms. The van der Waals surface area contributed by atoms with Crippen molar-refractivity contribution in [2.75, 3.05) is 46.1 Å². The van der Waals surface area contributed by atoms with Crippen molar-refractivity contribution in [1.29, 1.82) is 0 Å². The Morgan fingerprint density at radius 3 is 1.82 bits per heavy atom. The third-order valence-electron chi connectivity index (χ3n) is 10.4. The molecular formula is C44H53N2O9PSi. The second-order valence-corrected chi connectivity index (χ2v) is 24.0. The van der Waals surface area contributed by atoms with Crippen molar-refractivity contribution < 1.29 is 42.3 Å². The molecule has 2 heterocycles. The number of esters is 1. The summed E-state index contributed by atoms with van der Waals surface area (Å²) in [5, 5.41) is 1.70. The van der Waals surface area contributed by atoms with Crippen LogP contribution in [0, 0.1) is 5.92 Å². The average Bonchev–Trinajstić information content (AvgIpc) is 3.20. The van der Waals surface area contributed by atoms with Crippen molar-refractivity contribution >= 4 is 54.8 Å². The first-order valence-corrected chi connectivity index (χ1v) is 25.0. The maximum atomic E-state index is 15.4. The zero-order chi connectivity index (χ0) is 40.7. The molecule has 2 saturated heterocycles. The second-order valence-electron chi connectivity index (χ2n) is 15.4. The standard InChI is InChI=1S/C44H53N2O9PSi/c1-33(55-57(3,4)5)43-40(31-41(48)35-21-23-36(24-22-35)52-30-27-45-25-28-51-29-26-45)46(44(43)50)56(37-15-9-6-10-16-37,38-17-11-7-12-18-38,39-19-13-8-14-20-39)54-42(49)32-53-34(2)47/h6-24,33,40,43H,25-32H2,1-5H3/t33-,40-,43-/m1/s1. The Bertz CT molecular complexity index is 1910. The number of β-lactam (4-membered cyclic amide) rings is 1. The molecule has 57 heavy (non-hydrogen) atoms. The molecule has 1 amide bonds. The van der Waals surface area contributed by atoms with Gasteiger partial charge >= 0.3 is 306 Å². The summed E-state index contributed by atoms with van der Waals surface area (Å²) < 4.78 is 31.9. The molecule has 3 atom stereocenters. The van der Waals surface area contributed by atoms with E-state index in [2.05, 4.69) is 24.5 Å². The van der Waals surface area contributed by atoms with Gasteiger partial charge in [0.25, 0.3) is 0 Å². The monoisotopic (exact) mass is 812 g/mol. The number of carbonyl (C=O) groups is 4. The molecule has 0 radical (unpaired) electrons. The van der Waals surface area contributed by atoms with Crippen molar-refractivity contribution in [2.45, 2.75) is 52.1 Å². The molecule has 6 rings (SSSR count). The van der Waals surface area contributed by atoms with Crippen LogP contribution in [-0.4, -0.2) is 99.7 Å². The van der Waals surface area contributed by atoms with Gasteiger partial charge in [0, 0.05) is 13.1 Å². The molecule has 0 N–H and O–H groups in total. The van der Waals surface area contributed by atoms with Crippen molar-refractivity contribution in [1.82, 2.24) is 9.57 Å². The van der Waals surface area contributed by atoms with E-state index in [-0.39, 0.29) is 18.1 Å². The molecule has 13 heteroatoms. The van der Waals surface area contributed by atoms with E-state index in [1.807, 2.05) is 97.9 Å². The molecule has 0 spiro atoms. The number of Topliss-reactive ketones (excluding diaryl/α,β-unsaturated/α-hetero) is 1. The summed E-state index contributed by atoms with van der Waals surface area (Å²) in [6, 6.07) is 34.0. The molecule has 4 aromatic rings. The van der Waals surface area contributed by atoms with E-state index in [9.17, 15) is 14.4 Å². The number of ketones is 1. The zero-order valence-electron chi connectivity index (χ0n) is 33.4. The van der Waals surface area contributed by atoms with Gasteiger partial charge in [0.05, 0.1) is 13.2 Å². The van der Waals surface area contributed by atoms with E-state index in [1.54, 1.807) is 28.9 Å². The number of carbonyl (C=O) groups excluding carboxylic acids is 4. The normalized spacial score (nSPS) is 18.7. The van der Waals surface area contributed by atoms with Gasteiger partial charge < -0.3 is 4.74 Å². The van der Waals surface area contributed by atoms with Crippen molar-refractivity contribution in [3.8, 4) is 5.75 Å². The Kier molecular flexibility index (Phi) is 13.1. The van der Waals surface area contributed by atoms with Crippen LogP contribution in [0.1, 0.15) is 30.6 Å². The Balaban J connectivity index is 1.47. The molecule has 0 saturated carbocycles. The van der Waals surface area contributed by atoms with Gasteiger partial charge in [0.15, 0.2) is 0 Å². The first kappa shape index (κ1) is 41.9. The number of nitrogens with zero attached hydrogens (tertiary/aromatic N) is 2. The van der Waals surface area contributed by atoms with Crippen LogP contribution in [0.5, 0.6) is 5.75 Å². The molecule has 2 fully saturated rings. The van der Waals surface area contributed by atoms with Crippen molar-refractivity contribution in [2.24, 2.45) is 5.92 Å². The fourth-order valence-corrected chi connectivity index (χ4v) is 15.3. The summed E-state index contributed by atoms with van der Waals surface area (Å²) in [5.74, 6) is -2.08. The molecule has 2 aliphatic heterocycles. The van der Waals surface area contributed by atoms with Crippen LogP contribution in [0.4, 0.5) is 0 Å². The van der Waals surface area contributed by atoms with E-state index in [1.165, 1.54) is 6.92 Å². The number of hydrogen-bond donors (Lipinski definition) is 0. The predicted octanol–water partition coefficient (Wildman–Crippen LogP) is 5.50. The molecule has 0 aromatic heterocycles. The second kappa shape index (κ2) is 17.8. The van der Waals surface area contributed by atoms with Crippen LogP contribution >= 0.6 is 6.98 Å². The fraction of sp³-hybridized carbons (Fsp3) is 0.364. The Morgan fingerprint density at radius 2 is 1.33 bits per heavy atom. The molecule has 0 unspecified atom stereocenters. The maximum absolute atomic E-state index is 15.4. The van der Waals surface area contributed by atoms with Gasteiger partial charge in [0.2, 0.25) is 0 Å². The van der Waals surface area contributed by atoms with E-state index >= 15 is 4.79 Å². The number of rotatable bonds is 17. The minimum atomic E-state index is -4.94. The first-order valence-electron chi connectivity index (χ1n) is 19.5. The van der Waals surface area contributed by atoms with Gasteiger partial charge in [-0.05, 0) is 0 Å². The average molecular weight is 813 g/mol. The number of ether oxygens (including phenoxy) is 3. The zero-order valence-corrected chi connectivity index (χ0v) is 35.3. The minimum absolute atomic E-state index is 0.0844. The van der Waals surface area contributed by atoms with Gasteiger partial charge in [-0.2, -0.15) is 0 Å². The fourth-order valence-electron chi connectivity index (χ4n) is 8.06. The van der Waals surface area contributed by atoms with Crippen LogP contribution in [0.2, 0.25) is 19.6 Å². The Hall–Kier alpha value is -4.71. The third-order valence-corrected chi connectivity index (χ3v) is 17.1. The number of benzene rings is 4. The summed E-state index contributed by atoms with van der Waals surface area (Å²) in [6.45, 7) is 8.11. The molecule has 302 valence electrons.